The Bertz CT molecular complexity index is 347. The fraction of sp³-hybridized carbons (Fsp3) is 0.846. The molecule has 2 atom stereocenters. The molecule has 0 unspecified atom stereocenters. The zero-order chi connectivity index (χ0) is 14.8. The van der Waals surface area contributed by atoms with Gasteiger partial charge in [0.2, 0.25) is 0 Å². The van der Waals surface area contributed by atoms with Gasteiger partial charge in [-0.25, -0.2) is 9.59 Å². The standard InChI is InChI=1S/C13H24N2O4/c1-6-15(13(4,5)11(16)17)12(18)14-7-9(2)19-10(3)8-14/h9-10H,6-8H2,1-5H3,(H,16,17)/t9-,10+. The quantitative estimate of drug-likeness (QED) is 0.843. The molecule has 1 fully saturated rings. The summed E-state index contributed by atoms with van der Waals surface area (Å²) < 4.78 is 5.58. The number of nitrogens with zero attached hydrogens (tertiary/aromatic N) is 2. The molecule has 6 heteroatoms. The number of carboxylic acids is 1. The largest absolute Gasteiger partial charge is 0.480 e. The Balaban J connectivity index is 2.87. The molecule has 2 amide bonds. The first kappa shape index (κ1) is 15.8. The van der Waals surface area contributed by atoms with Crippen molar-refractivity contribution in [2.45, 2.75) is 52.4 Å². The number of urea groups is 1. The lowest BCUT2D eigenvalue weighted by Gasteiger charge is -2.42. The van der Waals surface area contributed by atoms with Gasteiger partial charge < -0.3 is 19.6 Å². The molecule has 0 spiro atoms. The van der Waals surface area contributed by atoms with Crippen LogP contribution in [0.2, 0.25) is 0 Å². The van der Waals surface area contributed by atoms with Crippen LogP contribution in [0.3, 0.4) is 0 Å². The molecule has 19 heavy (non-hydrogen) atoms. The fourth-order valence-electron chi connectivity index (χ4n) is 2.39. The predicted molar refractivity (Wildman–Crippen MR) is 71.1 cm³/mol. The number of ether oxygens (including phenoxy) is 1. The number of likely N-dealkylation sites (N-methyl/N-ethyl adjacent to an activating group) is 1. The summed E-state index contributed by atoms with van der Waals surface area (Å²) in [5.41, 5.74) is -1.21. The Hall–Kier alpha value is -1.30. The second kappa shape index (κ2) is 5.77. The van der Waals surface area contributed by atoms with Crippen molar-refractivity contribution in [2.24, 2.45) is 0 Å². The second-order valence-electron chi connectivity index (χ2n) is 5.55. The number of hydrogen-bond acceptors (Lipinski definition) is 3. The normalized spacial score (nSPS) is 24.2. The lowest BCUT2D eigenvalue weighted by molar-refractivity contribution is -0.148. The first-order chi connectivity index (χ1) is 8.70. The summed E-state index contributed by atoms with van der Waals surface area (Å²) in [6, 6.07) is -0.239. The van der Waals surface area contributed by atoms with Gasteiger partial charge in [0.05, 0.1) is 12.2 Å². The average Bonchev–Trinajstić information content (AvgIpc) is 2.27. The maximum Gasteiger partial charge on any atom is 0.329 e. The maximum atomic E-state index is 12.5. The predicted octanol–water partition coefficient (Wildman–Crippen LogP) is 1.40. The molecule has 0 aliphatic carbocycles. The Morgan fingerprint density at radius 3 is 2.16 bits per heavy atom. The van der Waals surface area contributed by atoms with Crippen molar-refractivity contribution in [1.29, 1.82) is 0 Å². The third kappa shape index (κ3) is 3.37. The van der Waals surface area contributed by atoms with Crippen molar-refractivity contribution in [1.82, 2.24) is 9.80 Å². The first-order valence-electron chi connectivity index (χ1n) is 6.65. The molecule has 1 heterocycles. The Labute approximate surface area is 114 Å². The fourth-order valence-corrected chi connectivity index (χ4v) is 2.39. The average molecular weight is 272 g/mol. The van der Waals surface area contributed by atoms with Crippen LogP contribution < -0.4 is 0 Å². The number of carboxylic acid groups (broad SMARTS) is 1. The van der Waals surface area contributed by atoms with Gasteiger partial charge in [0, 0.05) is 19.6 Å². The van der Waals surface area contributed by atoms with Gasteiger partial charge in [-0.2, -0.15) is 0 Å². The molecular formula is C13H24N2O4. The van der Waals surface area contributed by atoms with Gasteiger partial charge in [-0.05, 0) is 34.6 Å². The van der Waals surface area contributed by atoms with Crippen LogP contribution in [0.15, 0.2) is 0 Å². The smallest absolute Gasteiger partial charge is 0.329 e. The van der Waals surface area contributed by atoms with Crippen LogP contribution in [0.4, 0.5) is 4.79 Å². The Morgan fingerprint density at radius 1 is 1.32 bits per heavy atom. The summed E-state index contributed by atoms with van der Waals surface area (Å²) in [5, 5.41) is 9.26. The lowest BCUT2D eigenvalue weighted by atomic mass is 10.0. The topological polar surface area (TPSA) is 70.1 Å². The molecule has 0 bridgehead atoms. The van der Waals surface area contributed by atoms with E-state index in [-0.39, 0.29) is 18.2 Å². The van der Waals surface area contributed by atoms with E-state index in [0.717, 1.165) is 0 Å². The lowest BCUT2D eigenvalue weighted by Crippen LogP contribution is -2.60. The number of rotatable bonds is 3. The molecule has 1 saturated heterocycles. The molecule has 0 radical (unpaired) electrons. The van der Waals surface area contributed by atoms with Crippen LogP contribution in [0.5, 0.6) is 0 Å². The minimum atomic E-state index is -1.21. The van der Waals surface area contributed by atoms with Gasteiger partial charge in [-0.3, -0.25) is 0 Å². The molecule has 1 aliphatic heterocycles. The van der Waals surface area contributed by atoms with E-state index in [9.17, 15) is 14.7 Å². The summed E-state index contributed by atoms with van der Waals surface area (Å²) >= 11 is 0. The van der Waals surface area contributed by atoms with Crippen molar-refractivity contribution in [3.05, 3.63) is 0 Å². The van der Waals surface area contributed by atoms with Gasteiger partial charge in [0.1, 0.15) is 5.54 Å². The molecule has 0 saturated carbocycles. The molecule has 0 aromatic heterocycles. The highest BCUT2D eigenvalue weighted by Gasteiger charge is 2.40. The monoisotopic (exact) mass is 272 g/mol. The van der Waals surface area contributed by atoms with E-state index in [1.165, 1.54) is 4.90 Å². The Morgan fingerprint density at radius 2 is 1.79 bits per heavy atom. The zero-order valence-corrected chi connectivity index (χ0v) is 12.3. The van der Waals surface area contributed by atoms with Crippen molar-refractivity contribution >= 4 is 12.0 Å². The van der Waals surface area contributed by atoms with Crippen molar-refractivity contribution < 1.29 is 19.4 Å². The van der Waals surface area contributed by atoms with Crippen LogP contribution in [0.1, 0.15) is 34.6 Å². The highest BCUT2D eigenvalue weighted by atomic mass is 16.5. The summed E-state index contributed by atoms with van der Waals surface area (Å²) in [7, 11) is 0. The van der Waals surface area contributed by atoms with E-state index in [1.807, 2.05) is 13.8 Å². The van der Waals surface area contributed by atoms with E-state index < -0.39 is 11.5 Å². The van der Waals surface area contributed by atoms with Crippen LogP contribution in [0.25, 0.3) is 0 Å². The van der Waals surface area contributed by atoms with E-state index in [1.54, 1.807) is 25.7 Å². The van der Waals surface area contributed by atoms with Crippen molar-refractivity contribution in [2.75, 3.05) is 19.6 Å². The third-order valence-corrected chi connectivity index (χ3v) is 3.44. The van der Waals surface area contributed by atoms with Crippen molar-refractivity contribution in [3.8, 4) is 0 Å². The number of amides is 2. The maximum absolute atomic E-state index is 12.5. The molecule has 1 rings (SSSR count). The number of carbonyl (C=O) groups is 2. The highest BCUT2D eigenvalue weighted by molar-refractivity contribution is 5.85. The molecule has 1 aliphatic rings. The van der Waals surface area contributed by atoms with Crippen molar-refractivity contribution in [3.63, 3.8) is 0 Å². The van der Waals surface area contributed by atoms with E-state index in [2.05, 4.69) is 0 Å². The third-order valence-electron chi connectivity index (χ3n) is 3.44. The van der Waals surface area contributed by atoms with Gasteiger partial charge in [0.15, 0.2) is 0 Å². The summed E-state index contributed by atoms with van der Waals surface area (Å²) in [4.78, 5) is 26.9. The van der Waals surface area contributed by atoms with Crippen LogP contribution in [0, 0.1) is 0 Å². The minimum Gasteiger partial charge on any atom is -0.480 e. The number of hydrogen-bond donors (Lipinski definition) is 1. The summed E-state index contributed by atoms with van der Waals surface area (Å²) in [6.07, 6.45) is -0.0568. The van der Waals surface area contributed by atoms with Gasteiger partial charge in [0.25, 0.3) is 0 Å². The van der Waals surface area contributed by atoms with Crippen LogP contribution >= 0.6 is 0 Å². The highest BCUT2D eigenvalue weighted by Crippen LogP contribution is 2.19. The van der Waals surface area contributed by atoms with Gasteiger partial charge in [-0.15, -0.1) is 0 Å². The van der Waals surface area contributed by atoms with E-state index in [4.69, 9.17) is 4.74 Å². The number of carbonyl (C=O) groups excluding carboxylic acids is 1. The van der Waals surface area contributed by atoms with Crippen LogP contribution in [-0.2, 0) is 9.53 Å². The molecular weight excluding hydrogens is 248 g/mol. The Kier molecular flexibility index (Phi) is 4.79. The van der Waals surface area contributed by atoms with Gasteiger partial charge in [-0.1, -0.05) is 0 Å². The molecule has 1 N–H and O–H groups in total. The zero-order valence-electron chi connectivity index (χ0n) is 12.3. The van der Waals surface area contributed by atoms with E-state index >= 15 is 0 Å². The second-order valence-corrected chi connectivity index (χ2v) is 5.55. The summed E-state index contributed by atoms with van der Waals surface area (Å²) in [5.74, 6) is -1.00. The van der Waals surface area contributed by atoms with E-state index in [0.29, 0.717) is 19.6 Å². The minimum absolute atomic E-state index is 0.0284. The summed E-state index contributed by atoms with van der Waals surface area (Å²) in [6.45, 7) is 10.1. The molecule has 0 aromatic carbocycles. The molecule has 0 aromatic rings. The number of aliphatic carboxylic acids is 1. The SMILES string of the molecule is CCN(C(=O)N1C[C@@H](C)O[C@@H](C)C1)C(C)(C)C(=O)O. The molecule has 110 valence electrons. The first-order valence-corrected chi connectivity index (χ1v) is 6.65. The van der Waals surface area contributed by atoms with Gasteiger partial charge >= 0.3 is 12.0 Å². The molecule has 6 nitrogen and oxygen atoms in total. The number of morpholine rings is 1. The van der Waals surface area contributed by atoms with Crippen LogP contribution in [-0.4, -0.2) is 64.3 Å².